The molecular formula is C20H26FN5O. The molecule has 1 atom stereocenters. The van der Waals surface area contributed by atoms with Gasteiger partial charge in [0.2, 0.25) is 5.95 Å². The number of aromatic nitrogens is 2. The number of β-amino-alcohol motifs (C(OH)–C–C–N with tert-alkyl or cyclic N) is 1. The van der Waals surface area contributed by atoms with Crippen molar-refractivity contribution in [2.45, 2.75) is 25.5 Å². The lowest BCUT2D eigenvalue weighted by molar-refractivity contribution is 0.198. The van der Waals surface area contributed by atoms with E-state index in [1.165, 1.54) is 6.07 Å². The lowest BCUT2D eigenvalue weighted by Crippen LogP contribution is -2.32. The number of hydrogen-bond donors (Lipinski definition) is 1. The number of anilines is 2. The smallest absolute Gasteiger partial charge is 0.227 e. The zero-order chi connectivity index (χ0) is 18.6. The van der Waals surface area contributed by atoms with Gasteiger partial charge in [-0.2, -0.15) is 4.98 Å². The third-order valence-electron chi connectivity index (χ3n) is 5.28. The number of rotatable bonds is 4. The van der Waals surface area contributed by atoms with Crippen LogP contribution in [-0.2, 0) is 6.54 Å². The highest BCUT2D eigenvalue weighted by Crippen LogP contribution is 2.21. The molecule has 27 heavy (non-hydrogen) atoms. The van der Waals surface area contributed by atoms with Crippen molar-refractivity contribution in [1.82, 2.24) is 14.9 Å². The van der Waals surface area contributed by atoms with E-state index in [0.717, 1.165) is 69.4 Å². The average molecular weight is 371 g/mol. The van der Waals surface area contributed by atoms with Gasteiger partial charge in [0.1, 0.15) is 11.6 Å². The first kappa shape index (κ1) is 18.1. The van der Waals surface area contributed by atoms with E-state index >= 15 is 0 Å². The van der Waals surface area contributed by atoms with Gasteiger partial charge in [-0.1, -0.05) is 12.1 Å². The van der Waals surface area contributed by atoms with Crippen LogP contribution >= 0.6 is 0 Å². The number of benzene rings is 1. The van der Waals surface area contributed by atoms with Gasteiger partial charge in [0.15, 0.2) is 0 Å². The SMILES string of the molecule is O[C@@H]1CCN(c2ccnc(N3CCCN(Cc4cccc(F)c4)CC3)n2)C1. The largest absolute Gasteiger partial charge is 0.391 e. The van der Waals surface area contributed by atoms with Crippen LogP contribution < -0.4 is 9.80 Å². The summed E-state index contributed by atoms with van der Waals surface area (Å²) < 4.78 is 13.4. The fourth-order valence-electron chi connectivity index (χ4n) is 3.84. The molecule has 0 radical (unpaired) electrons. The Labute approximate surface area is 159 Å². The summed E-state index contributed by atoms with van der Waals surface area (Å²) in [6.45, 7) is 5.86. The number of aliphatic hydroxyl groups is 1. The standard InChI is InChI=1S/C20H26FN5O/c21-17-4-1-3-16(13-17)14-24-8-2-9-25(12-11-24)20-22-7-5-19(23-20)26-10-6-18(27)15-26/h1,3-5,7,13,18,27H,2,6,8-12,14-15H2/t18-/m1/s1. The zero-order valence-electron chi connectivity index (χ0n) is 15.5. The number of aliphatic hydroxyl groups excluding tert-OH is 1. The molecule has 1 aromatic carbocycles. The fraction of sp³-hybridized carbons (Fsp3) is 0.500. The summed E-state index contributed by atoms with van der Waals surface area (Å²) in [6.07, 6.45) is 3.35. The zero-order valence-corrected chi connectivity index (χ0v) is 15.5. The summed E-state index contributed by atoms with van der Waals surface area (Å²) >= 11 is 0. The van der Waals surface area contributed by atoms with Gasteiger partial charge in [-0.3, -0.25) is 4.90 Å². The Kier molecular flexibility index (Phi) is 5.50. The van der Waals surface area contributed by atoms with Crippen molar-refractivity contribution in [3.05, 3.63) is 47.9 Å². The van der Waals surface area contributed by atoms with E-state index in [4.69, 9.17) is 4.98 Å². The van der Waals surface area contributed by atoms with E-state index in [1.807, 2.05) is 12.1 Å². The maximum Gasteiger partial charge on any atom is 0.227 e. The minimum Gasteiger partial charge on any atom is -0.391 e. The third kappa shape index (κ3) is 4.54. The second kappa shape index (κ2) is 8.19. The molecule has 6 nitrogen and oxygen atoms in total. The molecule has 144 valence electrons. The summed E-state index contributed by atoms with van der Waals surface area (Å²) in [7, 11) is 0. The molecule has 2 aromatic rings. The molecule has 2 aliphatic heterocycles. The molecule has 0 bridgehead atoms. The van der Waals surface area contributed by atoms with Gasteiger partial charge in [-0.05, 0) is 36.6 Å². The van der Waals surface area contributed by atoms with Crippen molar-refractivity contribution >= 4 is 11.8 Å². The molecule has 3 heterocycles. The highest BCUT2D eigenvalue weighted by Gasteiger charge is 2.23. The normalized spacial score (nSPS) is 21.5. The van der Waals surface area contributed by atoms with E-state index in [1.54, 1.807) is 18.3 Å². The maximum atomic E-state index is 13.4. The Balaban J connectivity index is 1.39. The summed E-state index contributed by atoms with van der Waals surface area (Å²) in [5, 5.41) is 9.76. The predicted octanol–water partition coefficient (Wildman–Crippen LogP) is 1.90. The molecule has 4 rings (SSSR count). The molecule has 2 fully saturated rings. The van der Waals surface area contributed by atoms with Gasteiger partial charge in [0.05, 0.1) is 6.10 Å². The van der Waals surface area contributed by atoms with Gasteiger partial charge in [0, 0.05) is 52.0 Å². The highest BCUT2D eigenvalue weighted by atomic mass is 19.1. The lowest BCUT2D eigenvalue weighted by atomic mass is 10.2. The molecule has 1 aromatic heterocycles. The van der Waals surface area contributed by atoms with Crippen molar-refractivity contribution < 1.29 is 9.50 Å². The molecular weight excluding hydrogens is 345 g/mol. The summed E-state index contributed by atoms with van der Waals surface area (Å²) in [4.78, 5) is 15.9. The van der Waals surface area contributed by atoms with E-state index in [2.05, 4.69) is 19.7 Å². The van der Waals surface area contributed by atoms with E-state index in [-0.39, 0.29) is 11.9 Å². The van der Waals surface area contributed by atoms with E-state index in [0.29, 0.717) is 6.54 Å². The molecule has 2 saturated heterocycles. The minimum absolute atomic E-state index is 0.179. The second-order valence-corrected chi connectivity index (χ2v) is 7.35. The molecule has 0 aliphatic carbocycles. The van der Waals surface area contributed by atoms with Gasteiger partial charge in [0.25, 0.3) is 0 Å². The van der Waals surface area contributed by atoms with Gasteiger partial charge >= 0.3 is 0 Å². The fourth-order valence-corrected chi connectivity index (χ4v) is 3.84. The molecule has 0 unspecified atom stereocenters. The Morgan fingerprint density at radius 1 is 1.07 bits per heavy atom. The van der Waals surface area contributed by atoms with Crippen molar-refractivity contribution in [2.24, 2.45) is 0 Å². The van der Waals surface area contributed by atoms with Crippen LogP contribution in [0, 0.1) is 5.82 Å². The molecule has 1 N–H and O–H groups in total. The van der Waals surface area contributed by atoms with Crippen LogP contribution in [0.25, 0.3) is 0 Å². The third-order valence-corrected chi connectivity index (χ3v) is 5.28. The maximum absolute atomic E-state index is 13.4. The Morgan fingerprint density at radius 3 is 2.81 bits per heavy atom. The predicted molar refractivity (Wildman–Crippen MR) is 103 cm³/mol. The van der Waals surface area contributed by atoms with Crippen LogP contribution in [-0.4, -0.2) is 65.3 Å². The van der Waals surface area contributed by atoms with Crippen LogP contribution in [0.2, 0.25) is 0 Å². The number of halogens is 1. The molecule has 0 spiro atoms. The van der Waals surface area contributed by atoms with Crippen LogP contribution in [0.4, 0.5) is 16.2 Å². The first-order valence-corrected chi connectivity index (χ1v) is 9.65. The monoisotopic (exact) mass is 371 g/mol. The van der Waals surface area contributed by atoms with Crippen molar-refractivity contribution in [1.29, 1.82) is 0 Å². The van der Waals surface area contributed by atoms with Crippen LogP contribution in [0.15, 0.2) is 36.5 Å². The average Bonchev–Trinajstić information content (AvgIpc) is 2.97. The van der Waals surface area contributed by atoms with Crippen LogP contribution in [0.5, 0.6) is 0 Å². The van der Waals surface area contributed by atoms with Crippen LogP contribution in [0.3, 0.4) is 0 Å². The van der Waals surface area contributed by atoms with Crippen molar-refractivity contribution in [3.8, 4) is 0 Å². The summed E-state index contributed by atoms with van der Waals surface area (Å²) in [6, 6.07) is 8.75. The topological polar surface area (TPSA) is 55.7 Å². The first-order chi connectivity index (χ1) is 13.2. The van der Waals surface area contributed by atoms with Crippen molar-refractivity contribution in [2.75, 3.05) is 49.1 Å². The van der Waals surface area contributed by atoms with Gasteiger partial charge < -0.3 is 14.9 Å². The lowest BCUT2D eigenvalue weighted by Gasteiger charge is -2.23. The second-order valence-electron chi connectivity index (χ2n) is 7.35. The van der Waals surface area contributed by atoms with Gasteiger partial charge in [-0.25, -0.2) is 9.37 Å². The van der Waals surface area contributed by atoms with E-state index < -0.39 is 0 Å². The Bertz CT molecular complexity index is 774. The molecule has 7 heteroatoms. The number of hydrogen-bond acceptors (Lipinski definition) is 6. The summed E-state index contributed by atoms with van der Waals surface area (Å²) in [5.74, 6) is 1.46. The minimum atomic E-state index is -0.266. The van der Waals surface area contributed by atoms with Gasteiger partial charge in [-0.15, -0.1) is 0 Å². The van der Waals surface area contributed by atoms with E-state index in [9.17, 15) is 9.50 Å². The molecule has 2 aliphatic rings. The highest BCUT2D eigenvalue weighted by molar-refractivity contribution is 5.44. The van der Waals surface area contributed by atoms with Crippen LogP contribution in [0.1, 0.15) is 18.4 Å². The first-order valence-electron chi connectivity index (χ1n) is 9.65. The summed E-state index contributed by atoms with van der Waals surface area (Å²) in [5.41, 5.74) is 1.01. The molecule has 0 saturated carbocycles. The quantitative estimate of drug-likeness (QED) is 0.886. The Morgan fingerprint density at radius 2 is 2.00 bits per heavy atom. The Hall–Kier alpha value is -2.25. The molecule has 0 amide bonds. The van der Waals surface area contributed by atoms with Crippen molar-refractivity contribution in [3.63, 3.8) is 0 Å². The number of nitrogens with zero attached hydrogens (tertiary/aromatic N) is 5.